The predicted octanol–water partition coefficient (Wildman–Crippen LogP) is 2.74. The Hall–Kier alpha value is -2.95. The number of methoxy groups -OCH3 is 1. The van der Waals surface area contributed by atoms with Crippen LogP contribution in [0, 0.1) is 0 Å². The van der Waals surface area contributed by atoms with Crippen LogP contribution in [0.5, 0.6) is 0 Å². The van der Waals surface area contributed by atoms with Crippen molar-refractivity contribution < 1.29 is 19.1 Å². The van der Waals surface area contributed by atoms with Crippen molar-refractivity contribution in [3.05, 3.63) is 71.8 Å². The van der Waals surface area contributed by atoms with E-state index in [-0.39, 0.29) is 11.1 Å². The third-order valence-corrected chi connectivity index (χ3v) is 2.80. The summed E-state index contributed by atoms with van der Waals surface area (Å²) in [6, 6.07) is 16.2. The van der Waals surface area contributed by atoms with Gasteiger partial charge in [-0.1, -0.05) is 36.4 Å². The largest absolute Gasteiger partial charge is 0.452 e. The molecule has 3 amide bonds. The first-order chi connectivity index (χ1) is 10.1. The number of carbonyl (C=O) groups is 3. The van der Waals surface area contributed by atoms with Crippen LogP contribution in [-0.4, -0.2) is 29.9 Å². The van der Waals surface area contributed by atoms with E-state index >= 15 is 0 Å². The van der Waals surface area contributed by atoms with E-state index < -0.39 is 17.9 Å². The number of rotatable bonds is 2. The van der Waals surface area contributed by atoms with Gasteiger partial charge in [0.15, 0.2) is 0 Å². The van der Waals surface area contributed by atoms with Gasteiger partial charge in [0.2, 0.25) is 0 Å². The highest BCUT2D eigenvalue weighted by Gasteiger charge is 2.31. The predicted molar refractivity (Wildman–Crippen MR) is 75.8 cm³/mol. The molecule has 0 aromatic heterocycles. The Bertz CT molecular complexity index is 601. The Balaban J connectivity index is 2.38. The molecule has 0 aliphatic heterocycles. The second-order valence-corrected chi connectivity index (χ2v) is 4.15. The number of hydrogen-bond donors (Lipinski definition) is 0. The number of carbonyl (C=O) groups excluding carboxylic acids is 3. The van der Waals surface area contributed by atoms with Crippen molar-refractivity contribution in [1.82, 2.24) is 4.90 Å². The molecule has 0 N–H and O–H groups in total. The van der Waals surface area contributed by atoms with Gasteiger partial charge in [0.25, 0.3) is 11.8 Å². The van der Waals surface area contributed by atoms with Crippen molar-refractivity contribution in [2.75, 3.05) is 7.11 Å². The first-order valence-electron chi connectivity index (χ1n) is 6.22. The first kappa shape index (κ1) is 14.5. The van der Waals surface area contributed by atoms with E-state index in [0.717, 1.165) is 7.11 Å². The molecule has 21 heavy (non-hydrogen) atoms. The Morgan fingerprint density at radius 3 is 1.48 bits per heavy atom. The van der Waals surface area contributed by atoms with Crippen molar-refractivity contribution in [2.24, 2.45) is 0 Å². The summed E-state index contributed by atoms with van der Waals surface area (Å²) in [5, 5.41) is 0. The van der Waals surface area contributed by atoms with E-state index in [1.807, 2.05) is 0 Å². The lowest BCUT2D eigenvalue weighted by Gasteiger charge is -2.17. The number of nitrogens with zero attached hydrogens (tertiary/aromatic N) is 1. The van der Waals surface area contributed by atoms with Gasteiger partial charge in [0, 0.05) is 11.1 Å². The zero-order valence-electron chi connectivity index (χ0n) is 11.4. The molecule has 0 atom stereocenters. The number of imide groups is 3. The van der Waals surface area contributed by atoms with E-state index in [1.165, 1.54) is 24.3 Å². The highest BCUT2D eigenvalue weighted by atomic mass is 16.5. The fourth-order valence-electron chi connectivity index (χ4n) is 1.77. The summed E-state index contributed by atoms with van der Waals surface area (Å²) >= 11 is 0. The third kappa shape index (κ3) is 3.14. The fraction of sp³-hybridized carbons (Fsp3) is 0.0625. The summed E-state index contributed by atoms with van der Waals surface area (Å²) in [5.41, 5.74) is 0.458. The Morgan fingerprint density at radius 2 is 1.14 bits per heavy atom. The van der Waals surface area contributed by atoms with Gasteiger partial charge in [0.05, 0.1) is 7.11 Å². The normalized spacial score (nSPS) is 9.76. The molecular weight excluding hydrogens is 270 g/mol. The van der Waals surface area contributed by atoms with E-state index in [2.05, 4.69) is 4.74 Å². The van der Waals surface area contributed by atoms with E-state index in [4.69, 9.17) is 0 Å². The van der Waals surface area contributed by atoms with Crippen molar-refractivity contribution in [3.63, 3.8) is 0 Å². The molecule has 0 aliphatic rings. The fourth-order valence-corrected chi connectivity index (χ4v) is 1.77. The van der Waals surface area contributed by atoms with Gasteiger partial charge in [-0.25, -0.2) is 4.79 Å². The average molecular weight is 283 g/mol. The van der Waals surface area contributed by atoms with Crippen LogP contribution in [0.15, 0.2) is 60.7 Å². The minimum absolute atomic E-state index is 0.229. The van der Waals surface area contributed by atoms with E-state index in [0.29, 0.717) is 4.90 Å². The maximum Gasteiger partial charge on any atom is 0.423 e. The molecule has 2 rings (SSSR count). The summed E-state index contributed by atoms with van der Waals surface area (Å²) in [6.45, 7) is 0. The van der Waals surface area contributed by atoms with Gasteiger partial charge in [-0.3, -0.25) is 9.59 Å². The van der Waals surface area contributed by atoms with Gasteiger partial charge >= 0.3 is 6.09 Å². The topological polar surface area (TPSA) is 63.7 Å². The molecule has 0 unspecified atom stereocenters. The van der Waals surface area contributed by atoms with Gasteiger partial charge in [-0.2, -0.15) is 4.90 Å². The second-order valence-electron chi connectivity index (χ2n) is 4.15. The zero-order valence-corrected chi connectivity index (χ0v) is 11.4. The molecule has 5 heteroatoms. The molecule has 5 nitrogen and oxygen atoms in total. The Morgan fingerprint density at radius 1 is 0.762 bits per heavy atom. The van der Waals surface area contributed by atoms with Crippen molar-refractivity contribution in [2.45, 2.75) is 0 Å². The molecule has 0 saturated heterocycles. The summed E-state index contributed by atoms with van der Waals surface area (Å²) in [7, 11) is 1.12. The van der Waals surface area contributed by atoms with E-state index in [9.17, 15) is 14.4 Å². The molecule has 0 saturated carbocycles. The quantitative estimate of drug-likeness (QED) is 0.795. The molecule has 2 aromatic carbocycles. The first-order valence-corrected chi connectivity index (χ1v) is 6.22. The standard InChI is InChI=1S/C16H13NO4/c1-21-16(20)17(14(18)12-8-4-2-5-9-12)15(19)13-10-6-3-7-11-13/h2-11H,1H3. The monoisotopic (exact) mass is 283 g/mol. The van der Waals surface area contributed by atoms with Gasteiger partial charge in [-0.15, -0.1) is 0 Å². The van der Waals surface area contributed by atoms with Crippen LogP contribution >= 0.6 is 0 Å². The molecule has 0 spiro atoms. The van der Waals surface area contributed by atoms with Crippen LogP contribution in [0.4, 0.5) is 4.79 Å². The zero-order chi connectivity index (χ0) is 15.2. The van der Waals surface area contributed by atoms with Crippen molar-refractivity contribution in [3.8, 4) is 0 Å². The van der Waals surface area contributed by atoms with E-state index in [1.54, 1.807) is 36.4 Å². The number of ether oxygens (including phenoxy) is 1. The van der Waals surface area contributed by atoms with Gasteiger partial charge in [0.1, 0.15) is 0 Å². The number of benzene rings is 2. The molecule has 106 valence electrons. The maximum absolute atomic E-state index is 12.4. The van der Waals surface area contributed by atoms with Crippen LogP contribution in [0.2, 0.25) is 0 Å². The molecule has 2 aromatic rings. The molecule has 0 fully saturated rings. The van der Waals surface area contributed by atoms with Crippen LogP contribution in [0.25, 0.3) is 0 Å². The lowest BCUT2D eigenvalue weighted by Crippen LogP contribution is -2.41. The third-order valence-electron chi connectivity index (χ3n) is 2.80. The Labute approximate surface area is 121 Å². The summed E-state index contributed by atoms with van der Waals surface area (Å²) in [6.07, 6.45) is -1.02. The molecule has 0 bridgehead atoms. The van der Waals surface area contributed by atoms with Gasteiger partial charge in [-0.05, 0) is 24.3 Å². The van der Waals surface area contributed by atoms with Crippen LogP contribution < -0.4 is 0 Å². The lowest BCUT2D eigenvalue weighted by atomic mass is 10.1. The average Bonchev–Trinajstić information content (AvgIpc) is 2.56. The minimum Gasteiger partial charge on any atom is -0.452 e. The highest BCUT2D eigenvalue weighted by Crippen LogP contribution is 2.11. The smallest absolute Gasteiger partial charge is 0.423 e. The molecule has 0 heterocycles. The Kier molecular flexibility index (Phi) is 4.46. The number of hydrogen-bond acceptors (Lipinski definition) is 4. The lowest BCUT2D eigenvalue weighted by molar-refractivity contribution is 0.0587. The van der Waals surface area contributed by atoms with Gasteiger partial charge < -0.3 is 4.74 Å². The minimum atomic E-state index is -1.02. The highest BCUT2D eigenvalue weighted by molar-refractivity contribution is 6.19. The summed E-state index contributed by atoms with van der Waals surface area (Å²) in [4.78, 5) is 37.0. The second kappa shape index (κ2) is 6.47. The maximum atomic E-state index is 12.4. The molecule has 0 aliphatic carbocycles. The summed E-state index contributed by atoms with van der Waals surface area (Å²) in [5.74, 6) is -1.45. The SMILES string of the molecule is COC(=O)N(C(=O)c1ccccc1)C(=O)c1ccccc1. The van der Waals surface area contributed by atoms with Crippen LogP contribution in [0.1, 0.15) is 20.7 Å². The molecule has 0 radical (unpaired) electrons. The van der Waals surface area contributed by atoms with Crippen LogP contribution in [-0.2, 0) is 4.74 Å². The number of amides is 3. The van der Waals surface area contributed by atoms with Crippen molar-refractivity contribution >= 4 is 17.9 Å². The van der Waals surface area contributed by atoms with Crippen molar-refractivity contribution in [1.29, 1.82) is 0 Å². The molecular formula is C16H13NO4. The van der Waals surface area contributed by atoms with Crippen LogP contribution in [0.3, 0.4) is 0 Å². The summed E-state index contributed by atoms with van der Waals surface area (Å²) < 4.78 is 4.54.